The first-order chi connectivity index (χ1) is 10.4. The Morgan fingerprint density at radius 2 is 2.14 bits per heavy atom. The second kappa shape index (κ2) is 6.55. The lowest BCUT2D eigenvalue weighted by molar-refractivity contribution is 0.0938. The van der Waals surface area contributed by atoms with Crippen LogP contribution in [0.5, 0.6) is 0 Å². The molecule has 22 heavy (non-hydrogen) atoms. The predicted octanol–water partition coefficient (Wildman–Crippen LogP) is 1.24. The summed E-state index contributed by atoms with van der Waals surface area (Å²) in [6.07, 6.45) is 2.24. The summed E-state index contributed by atoms with van der Waals surface area (Å²) in [5.74, 6) is 0.427. The highest BCUT2D eigenvalue weighted by Gasteiger charge is 2.15. The van der Waals surface area contributed by atoms with Crippen LogP contribution in [0, 0.1) is 13.8 Å². The zero-order valence-electron chi connectivity index (χ0n) is 13.6. The van der Waals surface area contributed by atoms with Crippen molar-refractivity contribution in [2.75, 3.05) is 19.0 Å². The maximum atomic E-state index is 12.3. The largest absolute Gasteiger partial charge is 0.349 e. The van der Waals surface area contributed by atoms with Gasteiger partial charge in [-0.25, -0.2) is 9.97 Å². The second-order valence-corrected chi connectivity index (χ2v) is 5.68. The van der Waals surface area contributed by atoms with Crippen LogP contribution < -0.4 is 10.2 Å². The van der Waals surface area contributed by atoms with Gasteiger partial charge >= 0.3 is 0 Å². The van der Waals surface area contributed by atoms with Crippen molar-refractivity contribution in [3.8, 4) is 0 Å². The first-order valence-electron chi connectivity index (χ1n) is 7.19. The molecule has 1 atom stereocenters. The van der Waals surface area contributed by atoms with Crippen LogP contribution in [0.1, 0.15) is 34.4 Å². The van der Waals surface area contributed by atoms with Gasteiger partial charge in [-0.05, 0) is 26.8 Å². The normalized spacial score (nSPS) is 12.0. The molecule has 0 aromatic carbocycles. The summed E-state index contributed by atoms with van der Waals surface area (Å²) in [7, 11) is 3.73. The molecule has 0 aliphatic heterocycles. The molecule has 7 heteroatoms. The maximum Gasteiger partial charge on any atom is 0.254 e. The fraction of sp³-hybridized carbons (Fsp3) is 0.467. The molecular formula is C15H22N6O. The van der Waals surface area contributed by atoms with E-state index in [-0.39, 0.29) is 11.9 Å². The molecule has 0 saturated carbocycles. The molecule has 0 aliphatic carbocycles. The molecule has 1 unspecified atom stereocenters. The van der Waals surface area contributed by atoms with Crippen molar-refractivity contribution in [2.45, 2.75) is 33.2 Å². The van der Waals surface area contributed by atoms with E-state index in [4.69, 9.17) is 0 Å². The van der Waals surface area contributed by atoms with E-state index in [0.717, 1.165) is 11.4 Å². The van der Waals surface area contributed by atoms with Gasteiger partial charge in [0.25, 0.3) is 5.91 Å². The summed E-state index contributed by atoms with van der Waals surface area (Å²) in [5.41, 5.74) is 3.10. The van der Waals surface area contributed by atoms with Crippen molar-refractivity contribution in [1.82, 2.24) is 25.5 Å². The number of H-pyrrole nitrogens is 1. The van der Waals surface area contributed by atoms with E-state index in [1.165, 1.54) is 0 Å². The highest BCUT2D eigenvalue weighted by molar-refractivity contribution is 5.95. The molecule has 0 fully saturated rings. The number of aromatic amines is 1. The van der Waals surface area contributed by atoms with Gasteiger partial charge in [0.05, 0.1) is 17.0 Å². The molecule has 2 rings (SSSR count). The second-order valence-electron chi connectivity index (χ2n) is 5.68. The number of carbonyl (C=O) groups is 1. The summed E-state index contributed by atoms with van der Waals surface area (Å²) >= 11 is 0. The van der Waals surface area contributed by atoms with E-state index >= 15 is 0 Å². The smallest absolute Gasteiger partial charge is 0.254 e. The molecule has 0 aliphatic rings. The molecule has 2 aromatic heterocycles. The van der Waals surface area contributed by atoms with Crippen LogP contribution in [-0.4, -0.2) is 46.2 Å². The van der Waals surface area contributed by atoms with Gasteiger partial charge in [0.15, 0.2) is 0 Å². The van der Waals surface area contributed by atoms with Crippen LogP contribution in [0.15, 0.2) is 12.3 Å². The van der Waals surface area contributed by atoms with Crippen LogP contribution in [0.4, 0.5) is 5.95 Å². The van der Waals surface area contributed by atoms with Crippen molar-refractivity contribution in [2.24, 2.45) is 0 Å². The minimum absolute atomic E-state index is 0.0249. The lowest BCUT2D eigenvalue weighted by Gasteiger charge is -2.15. The first kappa shape index (κ1) is 15.9. The van der Waals surface area contributed by atoms with Crippen LogP contribution in [0.3, 0.4) is 0 Å². The molecule has 1 amide bonds. The van der Waals surface area contributed by atoms with Crippen molar-refractivity contribution in [1.29, 1.82) is 0 Å². The number of anilines is 1. The summed E-state index contributed by atoms with van der Waals surface area (Å²) in [6, 6.07) is 1.95. The minimum Gasteiger partial charge on any atom is -0.349 e. The number of hydrogen-bond acceptors (Lipinski definition) is 5. The molecule has 0 saturated heterocycles. The fourth-order valence-electron chi connectivity index (χ4n) is 2.14. The predicted molar refractivity (Wildman–Crippen MR) is 85.1 cm³/mol. The number of nitrogens with one attached hydrogen (secondary N) is 2. The zero-order chi connectivity index (χ0) is 16.3. The Kier molecular flexibility index (Phi) is 4.75. The molecule has 0 radical (unpaired) electrons. The molecule has 2 aromatic rings. The van der Waals surface area contributed by atoms with E-state index in [1.807, 2.05) is 40.9 Å². The Labute approximate surface area is 130 Å². The Morgan fingerprint density at radius 1 is 1.41 bits per heavy atom. The SMILES string of the molecule is Cc1cc(CC(C)NC(=O)c2cnc(N(C)C)nc2C)n[nH]1. The standard InChI is InChI=1S/C15H22N6O/c1-9(6-12-7-10(2)19-20-12)17-14(22)13-8-16-15(21(4)5)18-11(13)3/h7-9H,6H2,1-5H3,(H,17,22)(H,19,20). The molecule has 7 nitrogen and oxygen atoms in total. The number of hydrogen-bond donors (Lipinski definition) is 2. The van der Waals surface area contributed by atoms with E-state index in [9.17, 15) is 4.79 Å². The average Bonchev–Trinajstić information content (AvgIpc) is 2.83. The van der Waals surface area contributed by atoms with Crippen LogP contribution >= 0.6 is 0 Å². The topological polar surface area (TPSA) is 86.8 Å². The van der Waals surface area contributed by atoms with Crippen molar-refractivity contribution >= 4 is 11.9 Å². The van der Waals surface area contributed by atoms with Gasteiger partial charge in [0, 0.05) is 38.4 Å². The average molecular weight is 302 g/mol. The van der Waals surface area contributed by atoms with Crippen molar-refractivity contribution in [3.05, 3.63) is 34.9 Å². The zero-order valence-corrected chi connectivity index (χ0v) is 13.6. The molecule has 2 N–H and O–H groups in total. The Hall–Kier alpha value is -2.44. The van der Waals surface area contributed by atoms with Crippen molar-refractivity contribution in [3.63, 3.8) is 0 Å². The minimum atomic E-state index is -0.164. The van der Waals surface area contributed by atoms with Gasteiger partial charge in [-0.1, -0.05) is 0 Å². The van der Waals surface area contributed by atoms with Crippen molar-refractivity contribution < 1.29 is 4.79 Å². The molecule has 118 valence electrons. The third-order valence-electron chi connectivity index (χ3n) is 3.26. The summed E-state index contributed by atoms with van der Waals surface area (Å²) in [5, 5.41) is 10.0. The van der Waals surface area contributed by atoms with Crippen LogP contribution in [-0.2, 0) is 6.42 Å². The molecule has 0 bridgehead atoms. The van der Waals surface area contributed by atoms with Gasteiger partial charge in [-0.15, -0.1) is 0 Å². The van der Waals surface area contributed by atoms with Crippen LogP contribution in [0.25, 0.3) is 0 Å². The number of amides is 1. The van der Waals surface area contributed by atoms with Gasteiger partial charge in [0.2, 0.25) is 5.95 Å². The quantitative estimate of drug-likeness (QED) is 0.868. The van der Waals surface area contributed by atoms with E-state index in [0.29, 0.717) is 23.6 Å². The Balaban J connectivity index is 2.02. The molecule has 2 heterocycles. The maximum absolute atomic E-state index is 12.3. The summed E-state index contributed by atoms with van der Waals surface area (Å²) < 4.78 is 0. The summed E-state index contributed by atoms with van der Waals surface area (Å²) in [4.78, 5) is 22.6. The number of aryl methyl sites for hydroxylation is 2. The fourth-order valence-corrected chi connectivity index (χ4v) is 2.14. The first-order valence-corrected chi connectivity index (χ1v) is 7.19. The number of nitrogens with zero attached hydrogens (tertiary/aromatic N) is 4. The van der Waals surface area contributed by atoms with Gasteiger partial charge in [-0.3, -0.25) is 9.89 Å². The summed E-state index contributed by atoms with van der Waals surface area (Å²) in [6.45, 7) is 5.71. The lowest BCUT2D eigenvalue weighted by atomic mass is 10.1. The Bertz CT molecular complexity index is 664. The molecule has 0 spiro atoms. The third kappa shape index (κ3) is 3.81. The molecular weight excluding hydrogens is 280 g/mol. The third-order valence-corrected chi connectivity index (χ3v) is 3.26. The van der Waals surface area contributed by atoms with E-state index in [2.05, 4.69) is 25.5 Å². The monoisotopic (exact) mass is 302 g/mol. The Morgan fingerprint density at radius 3 is 2.68 bits per heavy atom. The lowest BCUT2D eigenvalue weighted by Crippen LogP contribution is -2.35. The number of carbonyl (C=O) groups excluding carboxylic acids is 1. The number of rotatable bonds is 5. The van der Waals surface area contributed by atoms with Gasteiger partial charge in [-0.2, -0.15) is 5.10 Å². The van der Waals surface area contributed by atoms with E-state index < -0.39 is 0 Å². The van der Waals surface area contributed by atoms with E-state index in [1.54, 1.807) is 11.1 Å². The van der Waals surface area contributed by atoms with Gasteiger partial charge < -0.3 is 10.2 Å². The van der Waals surface area contributed by atoms with Crippen LogP contribution in [0.2, 0.25) is 0 Å². The highest BCUT2D eigenvalue weighted by atomic mass is 16.1. The number of aromatic nitrogens is 4. The van der Waals surface area contributed by atoms with Gasteiger partial charge in [0.1, 0.15) is 0 Å². The highest BCUT2D eigenvalue weighted by Crippen LogP contribution is 2.10.